The van der Waals surface area contributed by atoms with Crippen LogP contribution in [0.2, 0.25) is 0 Å². The molecule has 0 spiro atoms. The molecule has 4 amide bonds. The van der Waals surface area contributed by atoms with Crippen molar-refractivity contribution in [3.63, 3.8) is 0 Å². The zero-order valence-electron chi connectivity index (χ0n) is 17.6. The SMILES string of the molecule is COc1ccc(Br)cc1/C=C1\C(=O)NC(=O)N(c2ccc(OCc3ccccc3)cc2)C1=O. The highest BCUT2D eigenvalue weighted by Crippen LogP contribution is 2.28. The highest BCUT2D eigenvalue weighted by Gasteiger charge is 2.37. The van der Waals surface area contributed by atoms with Crippen LogP contribution in [0, 0.1) is 0 Å². The number of imide groups is 2. The molecule has 1 aliphatic rings. The van der Waals surface area contributed by atoms with Gasteiger partial charge < -0.3 is 9.47 Å². The Morgan fingerprint density at radius 3 is 2.39 bits per heavy atom. The summed E-state index contributed by atoms with van der Waals surface area (Å²) in [4.78, 5) is 38.9. The molecule has 3 aromatic rings. The molecular weight excluding hydrogens is 488 g/mol. The zero-order chi connectivity index (χ0) is 23.4. The molecule has 1 saturated heterocycles. The number of amides is 4. The number of carbonyl (C=O) groups is 3. The van der Waals surface area contributed by atoms with E-state index in [4.69, 9.17) is 9.47 Å². The molecular formula is C25H19BrN2O5. The number of hydrogen-bond acceptors (Lipinski definition) is 5. The van der Waals surface area contributed by atoms with Gasteiger partial charge in [-0.25, -0.2) is 9.69 Å². The molecule has 0 atom stereocenters. The van der Waals surface area contributed by atoms with E-state index < -0.39 is 17.8 Å². The van der Waals surface area contributed by atoms with Gasteiger partial charge in [0.2, 0.25) is 0 Å². The molecule has 1 heterocycles. The van der Waals surface area contributed by atoms with Crippen molar-refractivity contribution in [3.05, 3.63) is 94.0 Å². The number of nitrogens with zero attached hydrogens (tertiary/aromatic N) is 1. The van der Waals surface area contributed by atoms with E-state index in [1.807, 2.05) is 30.3 Å². The number of ether oxygens (including phenoxy) is 2. The van der Waals surface area contributed by atoms with Crippen LogP contribution in [0.25, 0.3) is 6.08 Å². The molecule has 166 valence electrons. The van der Waals surface area contributed by atoms with Crippen molar-refractivity contribution >= 4 is 45.5 Å². The average Bonchev–Trinajstić information content (AvgIpc) is 2.82. The van der Waals surface area contributed by atoms with Gasteiger partial charge in [0.15, 0.2) is 0 Å². The van der Waals surface area contributed by atoms with E-state index in [0.717, 1.165) is 14.9 Å². The topological polar surface area (TPSA) is 84.9 Å². The Morgan fingerprint density at radius 2 is 1.70 bits per heavy atom. The van der Waals surface area contributed by atoms with Crippen LogP contribution < -0.4 is 19.7 Å². The minimum absolute atomic E-state index is 0.185. The Hall–Kier alpha value is -3.91. The van der Waals surface area contributed by atoms with Crippen LogP contribution in [0.15, 0.2) is 82.8 Å². The Kier molecular flexibility index (Phi) is 6.55. The highest BCUT2D eigenvalue weighted by molar-refractivity contribution is 9.10. The van der Waals surface area contributed by atoms with Gasteiger partial charge >= 0.3 is 6.03 Å². The first-order valence-corrected chi connectivity index (χ1v) is 10.8. The fraction of sp³-hybridized carbons (Fsp3) is 0.0800. The van der Waals surface area contributed by atoms with Crippen LogP contribution in [-0.4, -0.2) is 25.0 Å². The lowest BCUT2D eigenvalue weighted by atomic mass is 10.1. The summed E-state index contributed by atoms with van der Waals surface area (Å²) in [6, 6.07) is 20.6. The molecule has 1 aliphatic heterocycles. The molecule has 0 aliphatic carbocycles. The second kappa shape index (κ2) is 9.70. The fourth-order valence-electron chi connectivity index (χ4n) is 3.30. The number of hydrogen-bond donors (Lipinski definition) is 1. The van der Waals surface area contributed by atoms with Crippen molar-refractivity contribution < 1.29 is 23.9 Å². The molecule has 0 aromatic heterocycles. The molecule has 0 unspecified atom stereocenters. The van der Waals surface area contributed by atoms with E-state index >= 15 is 0 Å². The van der Waals surface area contributed by atoms with Crippen molar-refractivity contribution in [1.82, 2.24) is 5.32 Å². The van der Waals surface area contributed by atoms with E-state index in [1.165, 1.54) is 13.2 Å². The number of methoxy groups -OCH3 is 1. The first-order chi connectivity index (χ1) is 16.0. The maximum Gasteiger partial charge on any atom is 0.335 e. The van der Waals surface area contributed by atoms with E-state index in [1.54, 1.807) is 42.5 Å². The summed E-state index contributed by atoms with van der Waals surface area (Å²) < 4.78 is 11.8. The first-order valence-electron chi connectivity index (χ1n) is 9.98. The molecule has 7 nitrogen and oxygen atoms in total. The van der Waals surface area contributed by atoms with Gasteiger partial charge in [-0.1, -0.05) is 46.3 Å². The van der Waals surface area contributed by atoms with Crippen molar-refractivity contribution in [2.24, 2.45) is 0 Å². The molecule has 1 N–H and O–H groups in total. The molecule has 33 heavy (non-hydrogen) atoms. The summed E-state index contributed by atoms with van der Waals surface area (Å²) in [7, 11) is 1.49. The number of carbonyl (C=O) groups excluding carboxylic acids is 3. The second-order valence-electron chi connectivity index (χ2n) is 7.11. The number of benzene rings is 3. The van der Waals surface area contributed by atoms with Gasteiger partial charge in [0, 0.05) is 10.0 Å². The minimum atomic E-state index is -0.818. The van der Waals surface area contributed by atoms with E-state index in [-0.39, 0.29) is 5.57 Å². The summed E-state index contributed by atoms with van der Waals surface area (Å²) in [5.74, 6) is -0.442. The summed E-state index contributed by atoms with van der Waals surface area (Å²) in [5, 5.41) is 2.22. The monoisotopic (exact) mass is 506 g/mol. The van der Waals surface area contributed by atoms with Crippen LogP contribution in [0.5, 0.6) is 11.5 Å². The molecule has 0 saturated carbocycles. The van der Waals surface area contributed by atoms with Crippen molar-refractivity contribution in [2.45, 2.75) is 6.61 Å². The molecule has 4 rings (SSSR count). The van der Waals surface area contributed by atoms with Crippen LogP contribution in [0.4, 0.5) is 10.5 Å². The second-order valence-corrected chi connectivity index (χ2v) is 8.03. The predicted molar refractivity (Wildman–Crippen MR) is 127 cm³/mol. The summed E-state index contributed by atoms with van der Waals surface area (Å²) in [6.07, 6.45) is 1.40. The molecule has 8 heteroatoms. The Balaban J connectivity index is 1.57. The van der Waals surface area contributed by atoms with Crippen molar-refractivity contribution in [1.29, 1.82) is 0 Å². The summed E-state index contributed by atoms with van der Waals surface area (Å²) in [5.41, 5.74) is 1.66. The Labute approximate surface area is 198 Å². The largest absolute Gasteiger partial charge is 0.496 e. The Bertz CT molecular complexity index is 1240. The van der Waals surface area contributed by atoms with Crippen molar-refractivity contribution in [3.8, 4) is 11.5 Å². The number of anilines is 1. The third-order valence-electron chi connectivity index (χ3n) is 4.94. The minimum Gasteiger partial charge on any atom is -0.496 e. The van der Waals surface area contributed by atoms with E-state index in [9.17, 15) is 14.4 Å². The quantitative estimate of drug-likeness (QED) is 0.386. The molecule has 0 radical (unpaired) electrons. The number of nitrogens with one attached hydrogen (secondary N) is 1. The van der Waals surface area contributed by atoms with E-state index in [2.05, 4.69) is 21.2 Å². The van der Waals surface area contributed by atoms with Crippen LogP contribution in [0.1, 0.15) is 11.1 Å². The third kappa shape index (κ3) is 4.96. The van der Waals surface area contributed by atoms with Crippen molar-refractivity contribution in [2.75, 3.05) is 12.0 Å². The number of urea groups is 1. The lowest BCUT2D eigenvalue weighted by Gasteiger charge is -2.26. The van der Waals surface area contributed by atoms with Gasteiger partial charge in [-0.05, 0) is 54.1 Å². The average molecular weight is 507 g/mol. The van der Waals surface area contributed by atoms with Gasteiger partial charge in [0.05, 0.1) is 12.8 Å². The molecule has 1 fully saturated rings. The standard InChI is InChI=1S/C25H19BrN2O5/c1-32-22-12-7-18(26)13-17(22)14-21-23(29)27-25(31)28(24(21)30)19-8-10-20(11-9-19)33-15-16-5-3-2-4-6-16/h2-14H,15H2,1H3,(H,27,29,31)/b21-14+. The molecule has 3 aromatic carbocycles. The summed E-state index contributed by atoms with van der Waals surface area (Å²) >= 11 is 3.37. The van der Waals surface area contributed by atoms with Gasteiger partial charge in [-0.2, -0.15) is 0 Å². The van der Waals surface area contributed by atoms with Gasteiger partial charge in [0.25, 0.3) is 11.8 Å². The van der Waals surface area contributed by atoms with E-state index in [0.29, 0.717) is 29.4 Å². The first kappa shape index (κ1) is 22.3. The lowest BCUT2D eigenvalue weighted by Crippen LogP contribution is -2.54. The van der Waals surface area contributed by atoms with Crippen LogP contribution in [-0.2, 0) is 16.2 Å². The van der Waals surface area contributed by atoms with Crippen LogP contribution in [0.3, 0.4) is 0 Å². The predicted octanol–water partition coefficient (Wildman–Crippen LogP) is 4.70. The third-order valence-corrected chi connectivity index (χ3v) is 5.43. The smallest absolute Gasteiger partial charge is 0.335 e. The molecule has 0 bridgehead atoms. The maximum atomic E-state index is 13.1. The number of rotatable bonds is 6. The van der Waals surface area contributed by atoms with Gasteiger partial charge in [-0.15, -0.1) is 0 Å². The van der Waals surface area contributed by atoms with Crippen LogP contribution >= 0.6 is 15.9 Å². The maximum absolute atomic E-state index is 13.1. The Morgan fingerprint density at radius 1 is 0.970 bits per heavy atom. The number of barbiturate groups is 1. The lowest BCUT2D eigenvalue weighted by molar-refractivity contribution is -0.122. The summed E-state index contributed by atoms with van der Waals surface area (Å²) in [6.45, 7) is 0.388. The normalized spacial score (nSPS) is 14.9. The van der Waals surface area contributed by atoms with Gasteiger partial charge in [0.1, 0.15) is 23.7 Å². The highest BCUT2D eigenvalue weighted by atomic mass is 79.9. The zero-order valence-corrected chi connectivity index (χ0v) is 19.2. The van der Waals surface area contributed by atoms with Gasteiger partial charge in [-0.3, -0.25) is 14.9 Å². The number of halogens is 1. The fourth-order valence-corrected chi connectivity index (χ4v) is 3.68.